The number of likely N-dealkylation sites (tertiary alicyclic amines) is 1. The summed E-state index contributed by atoms with van der Waals surface area (Å²) in [7, 11) is 0. The average molecular weight is 320 g/mol. The molecule has 1 saturated heterocycles. The number of aromatic nitrogens is 2. The smallest absolute Gasteiger partial charge is 0.401 e. The molecule has 1 aliphatic rings. The van der Waals surface area contributed by atoms with Gasteiger partial charge in [-0.25, -0.2) is 4.79 Å². The first-order valence-electron chi connectivity index (χ1n) is 6.63. The van der Waals surface area contributed by atoms with Gasteiger partial charge in [0.15, 0.2) is 5.82 Å². The molecule has 2 rings (SSSR count). The van der Waals surface area contributed by atoms with Crippen molar-refractivity contribution in [1.82, 2.24) is 15.1 Å². The molecule has 3 N–H and O–H groups in total. The number of hydrogen-bond acceptors (Lipinski definition) is 4. The molecule has 0 aromatic carbocycles. The van der Waals surface area contributed by atoms with Crippen LogP contribution in [0.5, 0.6) is 0 Å². The summed E-state index contributed by atoms with van der Waals surface area (Å²) in [6, 6.07) is 1.15. The third-order valence-corrected chi connectivity index (χ3v) is 3.34. The van der Waals surface area contributed by atoms with Crippen LogP contribution in [0, 0.1) is 5.92 Å². The second-order valence-electron chi connectivity index (χ2n) is 5.15. The molecule has 0 bridgehead atoms. The molecule has 1 aliphatic heterocycles. The van der Waals surface area contributed by atoms with E-state index in [4.69, 9.17) is 5.11 Å². The van der Waals surface area contributed by atoms with E-state index < -0.39 is 30.5 Å². The number of carboxylic acids is 1. The molecule has 1 atom stereocenters. The Morgan fingerprint density at radius 2 is 2.23 bits per heavy atom. The minimum absolute atomic E-state index is 0.0154. The summed E-state index contributed by atoms with van der Waals surface area (Å²) >= 11 is 0. The molecule has 1 fully saturated rings. The lowest BCUT2D eigenvalue weighted by atomic mass is 9.97. The predicted molar refractivity (Wildman–Crippen MR) is 69.4 cm³/mol. The number of aromatic carboxylic acids is 1. The van der Waals surface area contributed by atoms with Gasteiger partial charge in [0, 0.05) is 12.6 Å². The molecule has 0 spiro atoms. The van der Waals surface area contributed by atoms with E-state index in [0.29, 0.717) is 19.4 Å². The summed E-state index contributed by atoms with van der Waals surface area (Å²) in [5.41, 5.74) is -0.183. The second-order valence-corrected chi connectivity index (χ2v) is 5.15. The number of amides is 1. The molecule has 1 amide bonds. The number of nitrogens with one attached hydrogen (secondary N) is 2. The number of anilines is 1. The highest BCUT2D eigenvalue weighted by Crippen LogP contribution is 2.23. The van der Waals surface area contributed by atoms with Crippen molar-refractivity contribution in [2.45, 2.75) is 19.0 Å². The van der Waals surface area contributed by atoms with E-state index in [1.807, 2.05) is 0 Å². The zero-order valence-electron chi connectivity index (χ0n) is 11.5. The first-order chi connectivity index (χ1) is 10.2. The zero-order valence-corrected chi connectivity index (χ0v) is 11.5. The number of hydrogen-bond donors (Lipinski definition) is 3. The molecule has 122 valence electrons. The lowest BCUT2D eigenvalue weighted by Gasteiger charge is -2.32. The Morgan fingerprint density at radius 3 is 2.82 bits per heavy atom. The van der Waals surface area contributed by atoms with Gasteiger partial charge >= 0.3 is 12.1 Å². The number of piperidine rings is 1. The van der Waals surface area contributed by atoms with Gasteiger partial charge < -0.3 is 10.4 Å². The number of nitrogens with zero attached hydrogens (tertiary/aromatic N) is 2. The summed E-state index contributed by atoms with van der Waals surface area (Å²) in [5.74, 6) is -2.23. The van der Waals surface area contributed by atoms with Gasteiger partial charge in [-0.15, -0.1) is 0 Å². The molecule has 22 heavy (non-hydrogen) atoms. The average Bonchev–Trinajstić information content (AvgIpc) is 2.85. The summed E-state index contributed by atoms with van der Waals surface area (Å²) in [6.07, 6.45) is -3.32. The van der Waals surface area contributed by atoms with Crippen LogP contribution in [0.15, 0.2) is 6.07 Å². The Balaban J connectivity index is 1.92. The van der Waals surface area contributed by atoms with Crippen molar-refractivity contribution >= 4 is 17.7 Å². The SMILES string of the molecule is O=C(O)c1cc(NC(=O)C2CCCN(CC(F)(F)F)C2)n[nH]1. The maximum Gasteiger partial charge on any atom is 0.401 e. The number of rotatable bonds is 4. The third-order valence-electron chi connectivity index (χ3n) is 3.34. The van der Waals surface area contributed by atoms with Crippen molar-refractivity contribution in [2.24, 2.45) is 5.92 Å². The Bertz CT molecular complexity index is 558. The summed E-state index contributed by atoms with van der Waals surface area (Å²) in [4.78, 5) is 23.9. The predicted octanol–water partition coefficient (Wildman–Crippen LogP) is 1.32. The van der Waals surface area contributed by atoms with Gasteiger partial charge in [-0.3, -0.25) is 14.8 Å². The van der Waals surface area contributed by atoms with Gasteiger partial charge in [0.05, 0.1) is 12.5 Å². The lowest BCUT2D eigenvalue weighted by molar-refractivity contribution is -0.151. The van der Waals surface area contributed by atoms with Crippen molar-refractivity contribution < 1.29 is 27.9 Å². The van der Waals surface area contributed by atoms with E-state index in [0.717, 1.165) is 6.07 Å². The maximum absolute atomic E-state index is 12.4. The van der Waals surface area contributed by atoms with Gasteiger partial charge in [0.25, 0.3) is 0 Å². The minimum atomic E-state index is -4.29. The van der Waals surface area contributed by atoms with E-state index in [1.165, 1.54) is 4.90 Å². The first kappa shape index (κ1) is 16.3. The third kappa shape index (κ3) is 4.45. The van der Waals surface area contributed by atoms with Crippen molar-refractivity contribution in [3.8, 4) is 0 Å². The largest absolute Gasteiger partial charge is 0.477 e. The fraction of sp³-hybridized carbons (Fsp3) is 0.583. The van der Waals surface area contributed by atoms with Crippen LogP contribution in [0.1, 0.15) is 23.3 Å². The minimum Gasteiger partial charge on any atom is -0.477 e. The molecular formula is C12H15F3N4O3. The second kappa shape index (κ2) is 6.34. The fourth-order valence-electron chi connectivity index (χ4n) is 2.39. The van der Waals surface area contributed by atoms with Crippen LogP contribution in [-0.2, 0) is 4.79 Å². The molecule has 0 radical (unpaired) electrons. The van der Waals surface area contributed by atoms with Gasteiger partial charge in [-0.05, 0) is 19.4 Å². The molecular weight excluding hydrogens is 305 g/mol. The molecule has 0 aliphatic carbocycles. The lowest BCUT2D eigenvalue weighted by Crippen LogP contribution is -2.44. The van der Waals surface area contributed by atoms with Crippen LogP contribution in [-0.4, -0.2) is 57.9 Å². The summed E-state index contributed by atoms with van der Waals surface area (Å²) in [5, 5.41) is 17.0. The number of carboxylic acid groups (broad SMARTS) is 1. The Morgan fingerprint density at radius 1 is 1.50 bits per heavy atom. The van der Waals surface area contributed by atoms with Crippen LogP contribution in [0.4, 0.5) is 19.0 Å². The van der Waals surface area contributed by atoms with E-state index in [9.17, 15) is 22.8 Å². The standard InChI is InChI=1S/C12H15F3N4O3/c13-12(14,15)6-19-3-1-2-7(5-19)10(20)16-9-4-8(11(21)22)17-18-9/h4,7H,1-3,5-6H2,(H,21,22)(H2,16,17,18,20). The molecule has 0 saturated carbocycles. The number of aromatic amines is 1. The Hall–Kier alpha value is -2.10. The van der Waals surface area contributed by atoms with E-state index >= 15 is 0 Å². The quantitative estimate of drug-likeness (QED) is 0.777. The molecule has 7 nitrogen and oxygen atoms in total. The molecule has 2 heterocycles. The molecule has 1 aromatic heterocycles. The highest BCUT2D eigenvalue weighted by atomic mass is 19.4. The summed E-state index contributed by atoms with van der Waals surface area (Å²) < 4.78 is 37.1. The number of alkyl halides is 3. The van der Waals surface area contributed by atoms with Crippen LogP contribution < -0.4 is 5.32 Å². The monoisotopic (exact) mass is 320 g/mol. The number of halogens is 3. The van der Waals surface area contributed by atoms with Crippen LogP contribution in [0.3, 0.4) is 0 Å². The van der Waals surface area contributed by atoms with Gasteiger partial charge in [0.2, 0.25) is 5.91 Å². The summed E-state index contributed by atoms with van der Waals surface area (Å²) in [6.45, 7) is -0.723. The van der Waals surface area contributed by atoms with Crippen molar-refractivity contribution in [3.05, 3.63) is 11.8 Å². The van der Waals surface area contributed by atoms with Crippen LogP contribution in [0.2, 0.25) is 0 Å². The first-order valence-corrected chi connectivity index (χ1v) is 6.63. The fourth-order valence-corrected chi connectivity index (χ4v) is 2.39. The van der Waals surface area contributed by atoms with Crippen LogP contribution >= 0.6 is 0 Å². The Kier molecular flexibility index (Phi) is 4.69. The van der Waals surface area contributed by atoms with Crippen LogP contribution in [0.25, 0.3) is 0 Å². The number of carbonyl (C=O) groups is 2. The Labute approximate surface area is 123 Å². The zero-order chi connectivity index (χ0) is 16.3. The highest BCUT2D eigenvalue weighted by molar-refractivity contribution is 5.93. The van der Waals surface area contributed by atoms with Crippen molar-refractivity contribution in [2.75, 3.05) is 25.0 Å². The molecule has 10 heteroatoms. The molecule has 1 aromatic rings. The van der Waals surface area contributed by atoms with Gasteiger partial charge in [-0.1, -0.05) is 0 Å². The highest BCUT2D eigenvalue weighted by Gasteiger charge is 2.34. The van der Waals surface area contributed by atoms with Gasteiger partial charge in [0.1, 0.15) is 5.69 Å². The van der Waals surface area contributed by atoms with Gasteiger partial charge in [-0.2, -0.15) is 18.3 Å². The van der Waals surface area contributed by atoms with E-state index in [-0.39, 0.29) is 18.1 Å². The van der Waals surface area contributed by atoms with Crippen molar-refractivity contribution in [3.63, 3.8) is 0 Å². The number of H-pyrrole nitrogens is 1. The topological polar surface area (TPSA) is 98.3 Å². The maximum atomic E-state index is 12.4. The van der Waals surface area contributed by atoms with E-state index in [1.54, 1.807) is 0 Å². The van der Waals surface area contributed by atoms with E-state index in [2.05, 4.69) is 15.5 Å². The number of carbonyl (C=O) groups excluding carboxylic acids is 1. The van der Waals surface area contributed by atoms with Crippen molar-refractivity contribution in [1.29, 1.82) is 0 Å². The molecule has 1 unspecified atom stereocenters. The normalized spacial score (nSPS) is 19.9.